The van der Waals surface area contributed by atoms with Crippen LogP contribution in [-0.2, 0) is 14.3 Å². The predicted octanol–water partition coefficient (Wildman–Crippen LogP) is 2.30. The Labute approximate surface area is 204 Å². The summed E-state index contributed by atoms with van der Waals surface area (Å²) in [6.07, 6.45) is 5.28. The molecule has 0 bridgehead atoms. The lowest BCUT2D eigenvalue weighted by Gasteiger charge is -2.32. The van der Waals surface area contributed by atoms with Crippen LogP contribution in [0, 0.1) is 0 Å². The highest BCUT2D eigenvalue weighted by Crippen LogP contribution is 2.32. The van der Waals surface area contributed by atoms with Crippen molar-refractivity contribution < 1.29 is 33.0 Å². The molecule has 1 aromatic carbocycles. The fraction of sp³-hybridized carbons (Fsp3) is 0.480. The van der Waals surface area contributed by atoms with E-state index in [-0.39, 0.29) is 37.4 Å². The second kappa shape index (κ2) is 12.8. The SMILES string of the molecule is COCCN(C(=O)CNC(=O)c1ccco1)[C@@H](C(=O)NC1CCCC1)c1ccc(OC)c(OC)c1. The highest BCUT2D eigenvalue weighted by atomic mass is 16.5. The lowest BCUT2D eigenvalue weighted by atomic mass is 10.0. The molecule has 10 nitrogen and oxygen atoms in total. The van der Waals surface area contributed by atoms with E-state index in [0.29, 0.717) is 17.1 Å². The number of nitrogens with one attached hydrogen (secondary N) is 2. The van der Waals surface area contributed by atoms with Crippen molar-refractivity contribution in [3.05, 3.63) is 47.9 Å². The van der Waals surface area contributed by atoms with Gasteiger partial charge < -0.3 is 34.2 Å². The Morgan fingerprint density at radius 1 is 1.09 bits per heavy atom. The first-order valence-electron chi connectivity index (χ1n) is 11.6. The molecule has 0 radical (unpaired) electrons. The summed E-state index contributed by atoms with van der Waals surface area (Å²) in [6.45, 7) is 0.0329. The summed E-state index contributed by atoms with van der Waals surface area (Å²) in [4.78, 5) is 40.6. The Kier molecular flexibility index (Phi) is 9.54. The Balaban J connectivity index is 1.89. The number of hydrogen-bond acceptors (Lipinski definition) is 7. The molecular formula is C25H33N3O7. The predicted molar refractivity (Wildman–Crippen MR) is 127 cm³/mol. The molecule has 0 aliphatic heterocycles. The standard InChI is InChI=1S/C25H33N3O7/c1-32-14-12-28(22(29)16-26-24(30)20-9-6-13-35-20)23(25(31)27-18-7-4-5-8-18)17-10-11-19(33-2)21(15-17)34-3/h6,9-11,13,15,18,23H,4-5,7-8,12,14,16H2,1-3H3,(H,26,30)(H,27,31)/t23-/m1/s1. The Bertz CT molecular complexity index is 987. The van der Waals surface area contributed by atoms with Crippen molar-refractivity contribution in [3.63, 3.8) is 0 Å². The Morgan fingerprint density at radius 2 is 1.83 bits per heavy atom. The number of ether oxygens (including phenoxy) is 3. The molecule has 3 amide bonds. The Hall–Kier alpha value is -3.53. The van der Waals surface area contributed by atoms with Gasteiger partial charge in [-0.15, -0.1) is 0 Å². The van der Waals surface area contributed by atoms with Crippen molar-refractivity contribution >= 4 is 17.7 Å². The molecule has 190 valence electrons. The fourth-order valence-electron chi connectivity index (χ4n) is 4.19. The molecule has 1 atom stereocenters. The summed E-state index contributed by atoms with van der Waals surface area (Å²) in [5, 5.41) is 5.65. The van der Waals surface area contributed by atoms with Gasteiger partial charge in [-0.2, -0.15) is 0 Å². The maximum absolute atomic E-state index is 13.6. The third kappa shape index (κ3) is 6.75. The minimum atomic E-state index is -0.960. The first-order chi connectivity index (χ1) is 17.0. The smallest absolute Gasteiger partial charge is 0.287 e. The van der Waals surface area contributed by atoms with Crippen molar-refractivity contribution in [2.45, 2.75) is 37.8 Å². The molecule has 0 unspecified atom stereocenters. The summed E-state index contributed by atoms with van der Waals surface area (Å²) >= 11 is 0. The molecule has 1 aromatic heterocycles. The molecule has 1 fully saturated rings. The number of carbonyl (C=O) groups is 3. The van der Waals surface area contributed by atoms with Crippen LogP contribution in [0.1, 0.15) is 47.8 Å². The van der Waals surface area contributed by atoms with Crippen LogP contribution >= 0.6 is 0 Å². The lowest BCUT2D eigenvalue weighted by Crippen LogP contribution is -2.49. The van der Waals surface area contributed by atoms with E-state index in [1.54, 1.807) is 24.3 Å². The number of furan rings is 1. The monoisotopic (exact) mass is 487 g/mol. The number of nitrogens with zero attached hydrogens (tertiary/aromatic N) is 1. The summed E-state index contributed by atoms with van der Waals surface area (Å²) < 4.78 is 21.1. The molecular weight excluding hydrogens is 454 g/mol. The van der Waals surface area contributed by atoms with Crippen molar-refractivity contribution in [3.8, 4) is 11.5 Å². The molecule has 35 heavy (non-hydrogen) atoms. The van der Waals surface area contributed by atoms with Gasteiger partial charge in [0, 0.05) is 19.7 Å². The quantitative estimate of drug-likeness (QED) is 0.471. The average Bonchev–Trinajstić information content (AvgIpc) is 3.59. The van der Waals surface area contributed by atoms with Crippen molar-refractivity contribution in [2.24, 2.45) is 0 Å². The number of carbonyl (C=O) groups excluding carboxylic acids is 3. The normalized spacial score (nSPS) is 14.3. The maximum atomic E-state index is 13.6. The lowest BCUT2D eigenvalue weighted by molar-refractivity contribution is -0.141. The van der Waals surface area contributed by atoms with Crippen LogP contribution in [0.4, 0.5) is 0 Å². The Morgan fingerprint density at radius 3 is 2.46 bits per heavy atom. The van der Waals surface area contributed by atoms with Crippen molar-refractivity contribution in [1.29, 1.82) is 0 Å². The second-order valence-electron chi connectivity index (χ2n) is 8.25. The molecule has 1 aliphatic rings. The van der Waals surface area contributed by atoms with Gasteiger partial charge in [0.15, 0.2) is 17.3 Å². The van der Waals surface area contributed by atoms with Crippen LogP contribution in [0.5, 0.6) is 11.5 Å². The van der Waals surface area contributed by atoms with Gasteiger partial charge in [0.25, 0.3) is 5.91 Å². The first kappa shape index (κ1) is 26.1. The van der Waals surface area contributed by atoms with Gasteiger partial charge in [0.2, 0.25) is 11.8 Å². The van der Waals surface area contributed by atoms with Gasteiger partial charge in [-0.3, -0.25) is 14.4 Å². The highest BCUT2D eigenvalue weighted by molar-refractivity contribution is 5.95. The van der Waals surface area contributed by atoms with Crippen LogP contribution in [0.25, 0.3) is 0 Å². The van der Waals surface area contributed by atoms with Gasteiger partial charge >= 0.3 is 0 Å². The average molecular weight is 488 g/mol. The maximum Gasteiger partial charge on any atom is 0.287 e. The van der Waals surface area contributed by atoms with E-state index in [1.807, 2.05) is 0 Å². The van der Waals surface area contributed by atoms with Gasteiger partial charge in [0.1, 0.15) is 6.04 Å². The molecule has 1 saturated carbocycles. The van der Waals surface area contributed by atoms with Crippen LogP contribution in [0.15, 0.2) is 41.0 Å². The summed E-state index contributed by atoms with van der Waals surface area (Å²) in [5.41, 5.74) is 0.556. The van der Waals surface area contributed by atoms with Gasteiger partial charge in [-0.1, -0.05) is 18.9 Å². The molecule has 1 aliphatic carbocycles. The molecule has 0 spiro atoms. The molecule has 10 heteroatoms. The number of benzene rings is 1. The fourth-order valence-corrected chi connectivity index (χ4v) is 4.19. The topological polar surface area (TPSA) is 119 Å². The van der Waals surface area contributed by atoms with Crippen LogP contribution < -0.4 is 20.1 Å². The van der Waals surface area contributed by atoms with Gasteiger partial charge in [0.05, 0.1) is 33.6 Å². The zero-order valence-corrected chi connectivity index (χ0v) is 20.4. The third-order valence-electron chi connectivity index (χ3n) is 5.99. The second-order valence-corrected chi connectivity index (χ2v) is 8.25. The van der Waals surface area contributed by atoms with E-state index >= 15 is 0 Å². The summed E-state index contributed by atoms with van der Waals surface area (Å²) in [6, 6.07) is 7.30. The zero-order valence-electron chi connectivity index (χ0n) is 20.4. The zero-order chi connectivity index (χ0) is 25.2. The molecule has 2 N–H and O–H groups in total. The largest absolute Gasteiger partial charge is 0.493 e. The van der Waals surface area contributed by atoms with Gasteiger partial charge in [-0.05, 0) is 42.7 Å². The number of methoxy groups -OCH3 is 3. The van der Waals surface area contributed by atoms with E-state index in [9.17, 15) is 14.4 Å². The van der Waals surface area contributed by atoms with Gasteiger partial charge in [-0.25, -0.2) is 0 Å². The van der Waals surface area contributed by atoms with Crippen LogP contribution in [0.2, 0.25) is 0 Å². The van der Waals surface area contributed by atoms with Crippen molar-refractivity contribution in [1.82, 2.24) is 15.5 Å². The molecule has 1 heterocycles. The van der Waals surface area contributed by atoms with E-state index in [2.05, 4.69) is 10.6 Å². The number of rotatable bonds is 12. The third-order valence-corrected chi connectivity index (χ3v) is 5.99. The van der Waals surface area contributed by atoms with E-state index < -0.39 is 17.9 Å². The van der Waals surface area contributed by atoms with E-state index in [4.69, 9.17) is 18.6 Å². The highest BCUT2D eigenvalue weighted by Gasteiger charge is 2.33. The molecule has 0 saturated heterocycles. The van der Waals surface area contributed by atoms with E-state index in [0.717, 1.165) is 25.7 Å². The number of amides is 3. The summed E-state index contributed by atoms with van der Waals surface area (Å²) in [5.74, 6) is -0.223. The summed E-state index contributed by atoms with van der Waals surface area (Å²) in [7, 11) is 4.55. The minimum Gasteiger partial charge on any atom is -0.493 e. The minimum absolute atomic E-state index is 0.0585. The van der Waals surface area contributed by atoms with Crippen LogP contribution in [-0.4, -0.2) is 69.7 Å². The van der Waals surface area contributed by atoms with Crippen LogP contribution in [0.3, 0.4) is 0 Å². The molecule has 2 aromatic rings. The van der Waals surface area contributed by atoms with Crippen molar-refractivity contribution in [2.75, 3.05) is 41.0 Å². The van der Waals surface area contributed by atoms with E-state index in [1.165, 1.54) is 38.6 Å². The molecule has 3 rings (SSSR count). The number of hydrogen-bond donors (Lipinski definition) is 2. The first-order valence-corrected chi connectivity index (χ1v) is 11.6.